The molecule has 0 radical (unpaired) electrons. The number of rotatable bonds is 4. The average molecular weight is 246 g/mol. The molecule has 2 aliphatic rings. The van der Waals surface area contributed by atoms with Crippen molar-refractivity contribution in [2.24, 2.45) is 0 Å². The van der Waals surface area contributed by atoms with Gasteiger partial charge in [-0.3, -0.25) is 8.37 Å². The molecular formula is C12H22O3S. The minimum absolute atomic E-state index is 0.165. The molecule has 2 saturated carbocycles. The van der Waals surface area contributed by atoms with Crippen molar-refractivity contribution in [2.75, 3.05) is 0 Å². The first-order chi connectivity index (χ1) is 7.84. The van der Waals surface area contributed by atoms with Gasteiger partial charge in [0.2, 0.25) is 0 Å². The Morgan fingerprint density at radius 3 is 1.44 bits per heavy atom. The summed E-state index contributed by atoms with van der Waals surface area (Å²) in [5.74, 6) is 0. The van der Waals surface area contributed by atoms with Crippen LogP contribution in [0.5, 0.6) is 0 Å². The number of hydrogen-bond donors (Lipinski definition) is 0. The van der Waals surface area contributed by atoms with Crippen LogP contribution in [-0.2, 0) is 19.7 Å². The lowest BCUT2D eigenvalue weighted by Gasteiger charge is -2.24. The van der Waals surface area contributed by atoms with E-state index in [1.165, 1.54) is 38.5 Å². The molecule has 0 aliphatic heterocycles. The minimum atomic E-state index is -1.52. The Kier molecular flexibility index (Phi) is 5.26. The van der Waals surface area contributed by atoms with Crippen molar-refractivity contribution < 1.29 is 12.6 Å². The van der Waals surface area contributed by atoms with E-state index in [0.717, 1.165) is 25.7 Å². The van der Waals surface area contributed by atoms with Crippen LogP contribution in [-0.4, -0.2) is 16.4 Å². The van der Waals surface area contributed by atoms with Gasteiger partial charge in [-0.25, -0.2) is 0 Å². The fourth-order valence-electron chi connectivity index (χ4n) is 2.57. The zero-order valence-corrected chi connectivity index (χ0v) is 10.7. The maximum atomic E-state index is 11.6. The largest absolute Gasteiger partial charge is 0.305 e. The monoisotopic (exact) mass is 246 g/mol. The van der Waals surface area contributed by atoms with Gasteiger partial charge in [0.1, 0.15) is 0 Å². The molecule has 0 saturated heterocycles. The van der Waals surface area contributed by atoms with E-state index >= 15 is 0 Å². The van der Waals surface area contributed by atoms with Gasteiger partial charge < -0.3 is 0 Å². The molecule has 0 aromatic rings. The summed E-state index contributed by atoms with van der Waals surface area (Å²) in [6, 6.07) is 0. The Morgan fingerprint density at radius 1 is 0.688 bits per heavy atom. The lowest BCUT2D eigenvalue weighted by molar-refractivity contribution is 0.107. The molecule has 0 amide bonds. The Hall–Kier alpha value is 0.0700. The summed E-state index contributed by atoms with van der Waals surface area (Å²) in [7, 11) is 0. The van der Waals surface area contributed by atoms with E-state index in [0.29, 0.717) is 0 Å². The lowest BCUT2D eigenvalue weighted by atomic mass is 9.98. The van der Waals surface area contributed by atoms with Crippen molar-refractivity contribution in [3.63, 3.8) is 0 Å². The van der Waals surface area contributed by atoms with Crippen molar-refractivity contribution in [3.05, 3.63) is 0 Å². The van der Waals surface area contributed by atoms with E-state index in [4.69, 9.17) is 8.37 Å². The van der Waals surface area contributed by atoms with Crippen LogP contribution in [0.1, 0.15) is 64.2 Å². The highest BCUT2D eigenvalue weighted by molar-refractivity contribution is 7.75. The zero-order chi connectivity index (χ0) is 11.2. The van der Waals surface area contributed by atoms with Crippen LogP contribution in [0.3, 0.4) is 0 Å². The molecule has 2 rings (SSSR count). The van der Waals surface area contributed by atoms with Crippen LogP contribution in [0.15, 0.2) is 0 Å². The van der Waals surface area contributed by atoms with E-state index in [1.807, 2.05) is 0 Å². The fraction of sp³-hybridized carbons (Fsp3) is 1.00. The van der Waals surface area contributed by atoms with Crippen LogP contribution in [0.25, 0.3) is 0 Å². The van der Waals surface area contributed by atoms with E-state index in [9.17, 15) is 4.21 Å². The van der Waals surface area contributed by atoms with Gasteiger partial charge in [-0.15, -0.1) is 0 Å². The molecule has 3 nitrogen and oxygen atoms in total. The van der Waals surface area contributed by atoms with Crippen molar-refractivity contribution in [2.45, 2.75) is 76.4 Å². The molecule has 0 N–H and O–H groups in total. The lowest BCUT2D eigenvalue weighted by Crippen LogP contribution is -2.23. The first kappa shape index (κ1) is 12.5. The SMILES string of the molecule is O=S(OC1CCCCC1)OC1CCCCC1. The zero-order valence-electron chi connectivity index (χ0n) is 9.86. The molecular weight excluding hydrogens is 224 g/mol. The van der Waals surface area contributed by atoms with Gasteiger partial charge in [0.05, 0.1) is 12.2 Å². The minimum Gasteiger partial charge on any atom is -0.265 e. The third-order valence-corrected chi connectivity index (χ3v) is 4.39. The molecule has 2 fully saturated rings. The van der Waals surface area contributed by atoms with Crippen LogP contribution in [0.4, 0.5) is 0 Å². The molecule has 4 heteroatoms. The predicted octanol–water partition coefficient (Wildman–Crippen LogP) is 3.26. The predicted molar refractivity (Wildman–Crippen MR) is 64.1 cm³/mol. The van der Waals surface area contributed by atoms with Crippen LogP contribution in [0.2, 0.25) is 0 Å². The van der Waals surface area contributed by atoms with Crippen molar-refractivity contribution >= 4 is 11.4 Å². The molecule has 0 atom stereocenters. The van der Waals surface area contributed by atoms with Crippen LogP contribution in [0, 0.1) is 0 Å². The average Bonchev–Trinajstić information content (AvgIpc) is 2.31. The second-order valence-corrected chi connectivity index (χ2v) is 5.71. The second-order valence-electron chi connectivity index (χ2n) is 4.92. The summed E-state index contributed by atoms with van der Waals surface area (Å²) in [6.45, 7) is 0. The third-order valence-electron chi connectivity index (χ3n) is 3.53. The molecule has 0 aromatic heterocycles. The fourth-order valence-corrected chi connectivity index (χ4v) is 3.44. The van der Waals surface area contributed by atoms with Crippen molar-refractivity contribution in [1.29, 1.82) is 0 Å². The van der Waals surface area contributed by atoms with Gasteiger partial charge in [0, 0.05) is 0 Å². The Morgan fingerprint density at radius 2 is 1.06 bits per heavy atom. The van der Waals surface area contributed by atoms with Gasteiger partial charge in [-0.05, 0) is 25.7 Å². The summed E-state index contributed by atoms with van der Waals surface area (Å²) in [6.07, 6.45) is 11.9. The second kappa shape index (κ2) is 6.72. The molecule has 0 bridgehead atoms. The summed E-state index contributed by atoms with van der Waals surface area (Å²) < 4.78 is 22.5. The third kappa shape index (κ3) is 4.15. The van der Waals surface area contributed by atoms with Gasteiger partial charge in [0.25, 0.3) is 0 Å². The standard InChI is InChI=1S/C12H22O3S/c13-16(14-11-7-3-1-4-8-11)15-12-9-5-2-6-10-12/h11-12H,1-10H2. The van der Waals surface area contributed by atoms with E-state index < -0.39 is 11.4 Å². The first-order valence-electron chi connectivity index (χ1n) is 6.60. The first-order valence-corrected chi connectivity index (χ1v) is 7.60. The smallest absolute Gasteiger partial charge is 0.265 e. The summed E-state index contributed by atoms with van der Waals surface area (Å²) in [5.41, 5.74) is 0. The van der Waals surface area contributed by atoms with Gasteiger partial charge >= 0.3 is 11.4 Å². The van der Waals surface area contributed by atoms with E-state index in [1.54, 1.807) is 0 Å². The Balaban J connectivity index is 1.66. The topological polar surface area (TPSA) is 35.5 Å². The van der Waals surface area contributed by atoms with Crippen molar-refractivity contribution in [1.82, 2.24) is 0 Å². The summed E-state index contributed by atoms with van der Waals surface area (Å²) >= 11 is -1.52. The van der Waals surface area contributed by atoms with Gasteiger partial charge in [-0.2, -0.15) is 4.21 Å². The van der Waals surface area contributed by atoms with Crippen molar-refractivity contribution in [3.8, 4) is 0 Å². The molecule has 0 unspecified atom stereocenters. The highest BCUT2D eigenvalue weighted by Gasteiger charge is 2.21. The Bertz CT molecular complexity index is 198. The normalized spacial score (nSPS) is 25.1. The van der Waals surface area contributed by atoms with Gasteiger partial charge in [0.15, 0.2) is 0 Å². The molecule has 0 heterocycles. The van der Waals surface area contributed by atoms with Crippen LogP contribution < -0.4 is 0 Å². The molecule has 16 heavy (non-hydrogen) atoms. The maximum Gasteiger partial charge on any atom is 0.305 e. The molecule has 0 aromatic carbocycles. The summed E-state index contributed by atoms with van der Waals surface area (Å²) in [5, 5.41) is 0. The van der Waals surface area contributed by atoms with Crippen LogP contribution >= 0.6 is 0 Å². The Labute approximate surface area is 101 Å². The molecule has 2 aliphatic carbocycles. The highest BCUT2D eigenvalue weighted by Crippen LogP contribution is 2.24. The highest BCUT2D eigenvalue weighted by atomic mass is 32.2. The molecule has 0 spiro atoms. The van der Waals surface area contributed by atoms with E-state index in [2.05, 4.69) is 0 Å². The molecule has 94 valence electrons. The van der Waals surface area contributed by atoms with Gasteiger partial charge in [-0.1, -0.05) is 38.5 Å². The quantitative estimate of drug-likeness (QED) is 0.763. The number of hydrogen-bond acceptors (Lipinski definition) is 3. The summed E-state index contributed by atoms with van der Waals surface area (Å²) in [4.78, 5) is 0. The maximum absolute atomic E-state index is 11.6. The van der Waals surface area contributed by atoms with E-state index in [-0.39, 0.29) is 12.2 Å².